The van der Waals surface area contributed by atoms with E-state index in [0.29, 0.717) is 30.9 Å². The van der Waals surface area contributed by atoms with E-state index in [1.807, 2.05) is 6.92 Å². The minimum atomic E-state index is -0.0248. The van der Waals surface area contributed by atoms with Gasteiger partial charge in [0.25, 0.3) is 0 Å². The molecule has 0 aromatic heterocycles. The molecule has 144 valence electrons. The van der Waals surface area contributed by atoms with Crippen LogP contribution in [0.5, 0.6) is 0 Å². The van der Waals surface area contributed by atoms with Gasteiger partial charge in [0, 0.05) is 38.8 Å². The van der Waals surface area contributed by atoms with Gasteiger partial charge in [-0.15, -0.1) is 0 Å². The van der Waals surface area contributed by atoms with Crippen molar-refractivity contribution in [2.75, 3.05) is 47.0 Å². The molecule has 0 amide bonds. The first-order chi connectivity index (χ1) is 12.1. The van der Waals surface area contributed by atoms with Crippen LogP contribution in [0.25, 0.3) is 0 Å². The summed E-state index contributed by atoms with van der Waals surface area (Å²) in [5.41, 5.74) is 0. The van der Waals surface area contributed by atoms with Gasteiger partial charge >= 0.3 is 5.97 Å². The fraction of sp³-hybridized carbons (Fsp3) is 0.947. The number of esters is 1. The molecule has 0 radical (unpaired) electrons. The Morgan fingerprint density at radius 1 is 1.08 bits per heavy atom. The van der Waals surface area contributed by atoms with Crippen LogP contribution in [-0.2, 0) is 19.0 Å². The second-order valence-electron chi connectivity index (χ2n) is 7.85. The molecule has 0 N–H and O–H groups in total. The Morgan fingerprint density at radius 2 is 1.80 bits per heavy atom. The molecule has 0 aromatic rings. The first-order valence-corrected chi connectivity index (χ1v) is 9.86. The van der Waals surface area contributed by atoms with Crippen molar-refractivity contribution >= 4 is 5.97 Å². The van der Waals surface area contributed by atoms with Crippen molar-refractivity contribution in [3.63, 3.8) is 0 Å². The number of methoxy groups -OCH3 is 1. The van der Waals surface area contributed by atoms with Crippen molar-refractivity contribution in [1.29, 1.82) is 0 Å². The minimum absolute atomic E-state index is 0.0248. The van der Waals surface area contributed by atoms with Crippen LogP contribution < -0.4 is 0 Å². The molecule has 1 aliphatic carbocycles. The van der Waals surface area contributed by atoms with Gasteiger partial charge in [0.1, 0.15) is 0 Å². The molecule has 3 rings (SSSR count). The molecule has 2 heterocycles. The molecule has 3 aliphatic rings. The second-order valence-corrected chi connectivity index (χ2v) is 7.85. The Balaban J connectivity index is 1.35. The summed E-state index contributed by atoms with van der Waals surface area (Å²) >= 11 is 0. The number of ether oxygens (including phenoxy) is 3. The Morgan fingerprint density at radius 3 is 2.44 bits per heavy atom. The third-order valence-corrected chi connectivity index (χ3v) is 6.21. The smallest absolute Gasteiger partial charge is 0.308 e. The van der Waals surface area contributed by atoms with Gasteiger partial charge in [-0.2, -0.15) is 0 Å². The van der Waals surface area contributed by atoms with Gasteiger partial charge in [0.15, 0.2) is 0 Å². The topological polar surface area (TPSA) is 51.2 Å². The van der Waals surface area contributed by atoms with E-state index in [0.717, 1.165) is 51.9 Å². The lowest BCUT2D eigenvalue weighted by Crippen LogP contribution is -2.56. The van der Waals surface area contributed by atoms with E-state index < -0.39 is 0 Å². The molecule has 1 saturated carbocycles. The largest absolute Gasteiger partial charge is 0.466 e. The van der Waals surface area contributed by atoms with Gasteiger partial charge in [0.2, 0.25) is 0 Å². The summed E-state index contributed by atoms with van der Waals surface area (Å²) in [7, 11) is 4.01. The first kappa shape index (κ1) is 19.1. The van der Waals surface area contributed by atoms with E-state index in [1.165, 1.54) is 6.42 Å². The van der Waals surface area contributed by atoms with Gasteiger partial charge < -0.3 is 14.2 Å². The fourth-order valence-electron chi connectivity index (χ4n) is 4.40. The molecule has 25 heavy (non-hydrogen) atoms. The Hall–Kier alpha value is -0.690. The average molecular weight is 354 g/mol. The Labute approximate surface area is 151 Å². The van der Waals surface area contributed by atoms with E-state index in [1.54, 1.807) is 7.11 Å². The zero-order valence-electron chi connectivity index (χ0n) is 16.0. The molecular weight excluding hydrogens is 320 g/mol. The van der Waals surface area contributed by atoms with E-state index in [-0.39, 0.29) is 11.9 Å². The molecular formula is C19H34N2O4. The number of likely N-dealkylation sites (N-methyl/N-ethyl adjacent to an activating group) is 1. The van der Waals surface area contributed by atoms with Gasteiger partial charge in [-0.25, -0.2) is 0 Å². The van der Waals surface area contributed by atoms with Crippen molar-refractivity contribution in [2.45, 2.75) is 63.3 Å². The summed E-state index contributed by atoms with van der Waals surface area (Å²) in [6.45, 7) is 6.42. The van der Waals surface area contributed by atoms with Crippen molar-refractivity contribution < 1.29 is 19.0 Å². The zero-order valence-corrected chi connectivity index (χ0v) is 16.0. The SMILES string of the molecule is CCOC(=O)[C@H]1CC[C@H](OC[C@@H]2C[C@H](N3CC(OC)C3)CN2C)CC1. The van der Waals surface area contributed by atoms with Gasteiger partial charge in [-0.1, -0.05) is 0 Å². The molecule has 0 bridgehead atoms. The summed E-state index contributed by atoms with van der Waals surface area (Å²) in [6, 6.07) is 1.15. The third-order valence-electron chi connectivity index (χ3n) is 6.21. The van der Waals surface area contributed by atoms with E-state index in [9.17, 15) is 4.79 Å². The van der Waals surface area contributed by atoms with Crippen molar-refractivity contribution in [2.24, 2.45) is 5.92 Å². The Bertz CT molecular complexity index is 433. The number of likely N-dealkylation sites (tertiary alicyclic amines) is 2. The predicted molar refractivity (Wildman–Crippen MR) is 95.5 cm³/mol. The number of nitrogens with zero attached hydrogens (tertiary/aromatic N) is 2. The van der Waals surface area contributed by atoms with E-state index in [2.05, 4.69) is 16.8 Å². The van der Waals surface area contributed by atoms with Crippen LogP contribution in [0.1, 0.15) is 39.0 Å². The molecule has 2 atom stereocenters. The minimum Gasteiger partial charge on any atom is -0.466 e. The maximum atomic E-state index is 11.8. The summed E-state index contributed by atoms with van der Waals surface area (Å²) in [4.78, 5) is 16.8. The van der Waals surface area contributed by atoms with Crippen LogP contribution in [-0.4, -0.2) is 87.1 Å². The lowest BCUT2D eigenvalue weighted by molar-refractivity contribution is -0.150. The van der Waals surface area contributed by atoms with Crippen molar-refractivity contribution in [1.82, 2.24) is 9.80 Å². The maximum absolute atomic E-state index is 11.8. The molecule has 0 unspecified atom stereocenters. The number of carbonyl (C=O) groups excluding carboxylic acids is 1. The highest BCUT2D eigenvalue weighted by Gasteiger charge is 2.39. The number of hydrogen-bond donors (Lipinski definition) is 0. The monoisotopic (exact) mass is 354 g/mol. The number of rotatable bonds is 7. The summed E-state index contributed by atoms with van der Waals surface area (Å²) in [5.74, 6) is 0.0571. The lowest BCUT2D eigenvalue weighted by atomic mass is 9.87. The van der Waals surface area contributed by atoms with Gasteiger partial charge in [-0.3, -0.25) is 14.6 Å². The number of hydrogen-bond acceptors (Lipinski definition) is 6. The maximum Gasteiger partial charge on any atom is 0.308 e. The fourth-order valence-corrected chi connectivity index (χ4v) is 4.40. The van der Waals surface area contributed by atoms with Crippen LogP contribution in [0.15, 0.2) is 0 Å². The number of carbonyl (C=O) groups is 1. The standard InChI is InChI=1S/C19H34N2O4/c1-4-24-19(22)14-5-7-17(8-6-14)25-13-16-9-15(10-20(16)2)21-11-18(12-21)23-3/h14-18H,4-13H2,1-3H3/t14-,15-,16-,17-/m0/s1. The highest BCUT2D eigenvalue weighted by molar-refractivity contribution is 5.72. The summed E-state index contributed by atoms with van der Waals surface area (Å²) in [6.07, 6.45) is 5.67. The Kier molecular flexibility index (Phi) is 6.72. The molecule has 6 nitrogen and oxygen atoms in total. The van der Waals surface area contributed by atoms with Crippen LogP contribution in [0, 0.1) is 5.92 Å². The van der Waals surface area contributed by atoms with Crippen LogP contribution in [0.2, 0.25) is 0 Å². The highest BCUT2D eigenvalue weighted by atomic mass is 16.5. The molecule has 2 saturated heterocycles. The van der Waals surface area contributed by atoms with E-state index in [4.69, 9.17) is 14.2 Å². The summed E-state index contributed by atoms with van der Waals surface area (Å²) in [5, 5.41) is 0. The zero-order chi connectivity index (χ0) is 17.8. The molecule has 3 fully saturated rings. The first-order valence-electron chi connectivity index (χ1n) is 9.86. The van der Waals surface area contributed by atoms with Gasteiger partial charge in [-0.05, 0) is 46.1 Å². The van der Waals surface area contributed by atoms with Crippen molar-refractivity contribution in [3.05, 3.63) is 0 Å². The molecule has 0 aromatic carbocycles. The summed E-state index contributed by atoms with van der Waals surface area (Å²) < 4.78 is 16.7. The van der Waals surface area contributed by atoms with Gasteiger partial charge in [0.05, 0.1) is 31.3 Å². The second kappa shape index (κ2) is 8.80. The highest BCUT2D eigenvalue weighted by Crippen LogP contribution is 2.29. The van der Waals surface area contributed by atoms with Crippen LogP contribution in [0.4, 0.5) is 0 Å². The molecule has 6 heteroatoms. The molecule has 2 aliphatic heterocycles. The normalized spacial score (nSPS) is 34.8. The molecule has 0 spiro atoms. The quantitative estimate of drug-likeness (QED) is 0.646. The van der Waals surface area contributed by atoms with E-state index >= 15 is 0 Å². The van der Waals surface area contributed by atoms with Crippen molar-refractivity contribution in [3.8, 4) is 0 Å². The predicted octanol–water partition coefficient (Wildman–Crippen LogP) is 1.53. The third kappa shape index (κ3) is 4.73. The van der Waals surface area contributed by atoms with Crippen LogP contribution >= 0.6 is 0 Å². The average Bonchev–Trinajstić information content (AvgIpc) is 2.93. The lowest BCUT2D eigenvalue weighted by Gasteiger charge is -2.42. The van der Waals surface area contributed by atoms with Crippen LogP contribution in [0.3, 0.4) is 0 Å².